The number of rotatable bonds is 5. The summed E-state index contributed by atoms with van der Waals surface area (Å²) in [6.07, 6.45) is 6.01. The SMILES string of the molecule is COC(C)CNCC1CCC(C)CC1. The van der Waals surface area contributed by atoms with Crippen molar-refractivity contribution in [2.24, 2.45) is 11.8 Å². The van der Waals surface area contributed by atoms with Crippen LogP contribution in [0.4, 0.5) is 0 Å². The van der Waals surface area contributed by atoms with E-state index in [0.29, 0.717) is 6.10 Å². The summed E-state index contributed by atoms with van der Waals surface area (Å²) in [7, 11) is 1.77. The fourth-order valence-corrected chi connectivity index (χ4v) is 2.11. The summed E-state index contributed by atoms with van der Waals surface area (Å²) in [5.41, 5.74) is 0. The first-order valence-corrected chi connectivity index (χ1v) is 5.96. The van der Waals surface area contributed by atoms with E-state index in [1.807, 2.05) is 0 Å². The average Bonchev–Trinajstić information content (AvgIpc) is 2.21. The first-order chi connectivity index (χ1) is 6.72. The lowest BCUT2D eigenvalue weighted by molar-refractivity contribution is 0.115. The molecule has 84 valence electrons. The van der Waals surface area contributed by atoms with Crippen LogP contribution >= 0.6 is 0 Å². The molecular weight excluding hydrogens is 174 g/mol. The monoisotopic (exact) mass is 199 g/mol. The van der Waals surface area contributed by atoms with Crippen LogP contribution in [0.25, 0.3) is 0 Å². The van der Waals surface area contributed by atoms with E-state index in [9.17, 15) is 0 Å². The zero-order valence-electron chi connectivity index (χ0n) is 9.88. The molecule has 1 fully saturated rings. The average molecular weight is 199 g/mol. The molecule has 1 unspecified atom stereocenters. The summed E-state index contributed by atoms with van der Waals surface area (Å²) in [6.45, 7) is 6.65. The van der Waals surface area contributed by atoms with E-state index in [0.717, 1.165) is 18.4 Å². The van der Waals surface area contributed by atoms with E-state index in [2.05, 4.69) is 19.2 Å². The van der Waals surface area contributed by atoms with E-state index >= 15 is 0 Å². The van der Waals surface area contributed by atoms with Gasteiger partial charge in [0.1, 0.15) is 0 Å². The van der Waals surface area contributed by atoms with Gasteiger partial charge in [-0.15, -0.1) is 0 Å². The van der Waals surface area contributed by atoms with Crippen LogP contribution in [-0.2, 0) is 4.74 Å². The minimum atomic E-state index is 0.345. The molecule has 0 aromatic rings. The van der Waals surface area contributed by atoms with E-state index in [1.54, 1.807) is 7.11 Å². The molecule has 1 aliphatic carbocycles. The minimum absolute atomic E-state index is 0.345. The lowest BCUT2D eigenvalue weighted by atomic mass is 9.83. The molecule has 0 aromatic carbocycles. The van der Waals surface area contributed by atoms with Gasteiger partial charge in [0.05, 0.1) is 6.10 Å². The van der Waals surface area contributed by atoms with E-state index in [4.69, 9.17) is 4.74 Å². The van der Waals surface area contributed by atoms with Crippen molar-refractivity contribution in [3.63, 3.8) is 0 Å². The standard InChI is InChI=1S/C12H25NO/c1-10-4-6-12(7-5-10)9-13-8-11(2)14-3/h10-13H,4-9H2,1-3H3. The van der Waals surface area contributed by atoms with Crippen LogP contribution in [0.15, 0.2) is 0 Å². The minimum Gasteiger partial charge on any atom is -0.380 e. The van der Waals surface area contributed by atoms with Crippen molar-refractivity contribution in [1.82, 2.24) is 5.32 Å². The summed E-state index contributed by atoms with van der Waals surface area (Å²) in [5.74, 6) is 1.87. The molecule has 1 aliphatic rings. The van der Waals surface area contributed by atoms with Crippen molar-refractivity contribution in [2.75, 3.05) is 20.2 Å². The zero-order valence-corrected chi connectivity index (χ0v) is 9.88. The van der Waals surface area contributed by atoms with E-state index in [1.165, 1.54) is 32.2 Å². The Hall–Kier alpha value is -0.0800. The molecule has 1 rings (SSSR count). The zero-order chi connectivity index (χ0) is 10.4. The molecule has 0 bridgehead atoms. The lowest BCUT2D eigenvalue weighted by Crippen LogP contribution is -2.31. The summed E-state index contributed by atoms with van der Waals surface area (Å²) in [6, 6.07) is 0. The van der Waals surface area contributed by atoms with Gasteiger partial charge in [0.25, 0.3) is 0 Å². The summed E-state index contributed by atoms with van der Waals surface area (Å²) >= 11 is 0. The van der Waals surface area contributed by atoms with E-state index in [-0.39, 0.29) is 0 Å². The van der Waals surface area contributed by atoms with Crippen molar-refractivity contribution in [3.05, 3.63) is 0 Å². The Bertz CT molecular complexity index is 141. The molecule has 0 radical (unpaired) electrons. The van der Waals surface area contributed by atoms with Crippen molar-refractivity contribution in [1.29, 1.82) is 0 Å². The second kappa shape index (κ2) is 6.41. The highest BCUT2D eigenvalue weighted by Gasteiger charge is 2.17. The molecule has 1 atom stereocenters. The number of nitrogens with one attached hydrogen (secondary N) is 1. The molecule has 0 heterocycles. The smallest absolute Gasteiger partial charge is 0.0667 e. The van der Waals surface area contributed by atoms with Crippen molar-refractivity contribution in [2.45, 2.75) is 45.6 Å². The summed E-state index contributed by atoms with van der Waals surface area (Å²) in [4.78, 5) is 0. The van der Waals surface area contributed by atoms with Crippen LogP contribution in [0.1, 0.15) is 39.5 Å². The molecule has 1 N–H and O–H groups in total. The van der Waals surface area contributed by atoms with Crippen molar-refractivity contribution < 1.29 is 4.74 Å². The molecule has 0 aromatic heterocycles. The topological polar surface area (TPSA) is 21.3 Å². The van der Waals surface area contributed by atoms with Gasteiger partial charge in [-0.1, -0.05) is 19.8 Å². The van der Waals surface area contributed by atoms with Gasteiger partial charge < -0.3 is 10.1 Å². The molecule has 1 saturated carbocycles. The Balaban J connectivity index is 2.02. The predicted octanol–water partition coefficient (Wildman–Crippen LogP) is 2.44. The maximum atomic E-state index is 5.19. The Kier molecular flexibility index (Phi) is 5.49. The Morgan fingerprint density at radius 3 is 2.50 bits per heavy atom. The van der Waals surface area contributed by atoms with Crippen LogP contribution < -0.4 is 5.32 Å². The van der Waals surface area contributed by atoms with Crippen LogP contribution in [0, 0.1) is 11.8 Å². The maximum Gasteiger partial charge on any atom is 0.0667 e. The van der Waals surface area contributed by atoms with Crippen molar-refractivity contribution >= 4 is 0 Å². The lowest BCUT2D eigenvalue weighted by Gasteiger charge is -2.26. The third-order valence-electron chi connectivity index (χ3n) is 3.40. The number of methoxy groups -OCH3 is 1. The van der Waals surface area contributed by atoms with Crippen LogP contribution in [0.3, 0.4) is 0 Å². The Morgan fingerprint density at radius 2 is 1.93 bits per heavy atom. The third-order valence-corrected chi connectivity index (χ3v) is 3.40. The first kappa shape index (κ1) is 12.0. The molecule has 14 heavy (non-hydrogen) atoms. The van der Waals surface area contributed by atoms with Gasteiger partial charge in [0, 0.05) is 13.7 Å². The largest absolute Gasteiger partial charge is 0.380 e. The van der Waals surface area contributed by atoms with Gasteiger partial charge in [0.2, 0.25) is 0 Å². The fraction of sp³-hybridized carbons (Fsp3) is 1.00. The molecule has 0 amide bonds. The maximum absolute atomic E-state index is 5.19. The highest BCUT2D eigenvalue weighted by Crippen LogP contribution is 2.27. The summed E-state index contributed by atoms with van der Waals surface area (Å²) < 4.78 is 5.19. The molecular formula is C12H25NO. The molecule has 0 aliphatic heterocycles. The number of hydrogen-bond donors (Lipinski definition) is 1. The van der Waals surface area contributed by atoms with Crippen LogP contribution in [0.5, 0.6) is 0 Å². The highest BCUT2D eigenvalue weighted by molar-refractivity contribution is 4.72. The second-order valence-corrected chi connectivity index (χ2v) is 4.83. The van der Waals surface area contributed by atoms with Gasteiger partial charge >= 0.3 is 0 Å². The van der Waals surface area contributed by atoms with Crippen LogP contribution in [0.2, 0.25) is 0 Å². The van der Waals surface area contributed by atoms with Crippen LogP contribution in [-0.4, -0.2) is 26.3 Å². The first-order valence-electron chi connectivity index (χ1n) is 5.96. The molecule has 0 spiro atoms. The molecule has 2 heteroatoms. The molecule has 0 saturated heterocycles. The molecule has 2 nitrogen and oxygen atoms in total. The Labute approximate surface area is 88.4 Å². The van der Waals surface area contributed by atoms with Gasteiger partial charge in [0.15, 0.2) is 0 Å². The third kappa shape index (κ3) is 4.43. The van der Waals surface area contributed by atoms with Gasteiger partial charge in [-0.05, 0) is 38.1 Å². The van der Waals surface area contributed by atoms with Gasteiger partial charge in [-0.2, -0.15) is 0 Å². The normalized spacial score (nSPS) is 30.2. The highest BCUT2D eigenvalue weighted by atomic mass is 16.5. The number of ether oxygens (including phenoxy) is 1. The second-order valence-electron chi connectivity index (χ2n) is 4.83. The van der Waals surface area contributed by atoms with Gasteiger partial charge in [-0.25, -0.2) is 0 Å². The van der Waals surface area contributed by atoms with Crippen molar-refractivity contribution in [3.8, 4) is 0 Å². The quantitative estimate of drug-likeness (QED) is 0.734. The fourth-order valence-electron chi connectivity index (χ4n) is 2.11. The predicted molar refractivity (Wildman–Crippen MR) is 60.5 cm³/mol. The Morgan fingerprint density at radius 1 is 1.29 bits per heavy atom. The van der Waals surface area contributed by atoms with E-state index < -0.39 is 0 Å². The summed E-state index contributed by atoms with van der Waals surface area (Å²) in [5, 5.41) is 3.50. The number of hydrogen-bond acceptors (Lipinski definition) is 2. The van der Waals surface area contributed by atoms with Gasteiger partial charge in [-0.3, -0.25) is 0 Å².